The highest BCUT2D eigenvalue weighted by Crippen LogP contribution is 2.29. The van der Waals surface area contributed by atoms with Gasteiger partial charge >= 0.3 is 0 Å². The van der Waals surface area contributed by atoms with Gasteiger partial charge in [-0.2, -0.15) is 4.98 Å². The monoisotopic (exact) mass is 460 g/mol. The Morgan fingerprint density at radius 3 is 2.35 bits per heavy atom. The summed E-state index contributed by atoms with van der Waals surface area (Å²) in [4.78, 5) is 7.99. The summed E-state index contributed by atoms with van der Waals surface area (Å²) in [5.74, 6) is 1.67. The Kier molecular flexibility index (Phi) is 8.97. The number of nitrogens with zero attached hydrogens (tertiary/aromatic N) is 2. The van der Waals surface area contributed by atoms with E-state index in [1.807, 2.05) is 42.5 Å². The Morgan fingerprint density at radius 2 is 1.68 bits per heavy atom. The first kappa shape index (κ1) is 24.3. The molecule has 8 heteroatoms. The van der Waals surface area contributed by atoms with Crippen LogP contribution in [0.25, 0.3) is 11.1 Å². The minimum absolute atomic E-state index is 0. The van der Waals surface area contributed by atoms with Crippen molar-refractivity contribution in [2.75, 3.05) is 24.7 Å². The summed E-state index contributed by atoms with van der Waals surface area (Å²) in [5.41, 5.74) is 15.3. The van der Waals surface area contributed by atoms with E-state index < -0.39 is 0 Å². The second-order valence-electron chi connectivity index (χ2n) is 6.75. The number of hydrogen-bond donors (Lipinski definition) is 2. The zero-order valence-corrected chi connectivity index (χ0v) is 18.9. The molecule has 0 bridgehead atoms. The number of nitrogen functional groups attached to an aromatic ring is 2. The normalized spacial score (nSPS) is 10.3. The lowest BCUT2D eigenvalue weighted by Crippen LogP contribution is -2.10. The minimum atomic E-state index is 0. The molecule has 0 saturated carbocycles. The molecule has 0 spiro atoms. The summed E-state index contributed by atoms with van der Waals surface area (Å²) in [5, 5.41) is 0.717. The van der Waals surface area contributed by atoms with Crippen molar-refractivity contribution in [3.05, 3.63) is 71.4 Å². The summed E-state index contributed by atoms with van der Waals surface area (Å²) in [6, 6.07) is 13.9. The molecule has 6 nitrogen and oxygen atoms in total. The van der Waals surface area contributed by atoms with E-state index in [2.05, 4.69) is 22.6 Å². The van der Waals surface area contributed by atoms with Crippen molar-refractivity contribution in [3.63, 3.8) is 0 Å². The lowest BCUT2D eigenvalue weighted by atomic mass is 10.0. The lowest BCUT2D eigenvalue weighted by molar-refractivity contribution is 0.245. The Balaban J connectivity index is 0.00000341. The highest BCUT2D eigenvalue weighted by atomic mass is 35.5. The minimum Gasteiger partial charge on any atom is -0.493 e. The number of halogens is 2. The van der Waals surface area contributed by atoms with Crippen molar-refractivity contribution in [1.82, 2.24) is 9.97 Å². The predicted octanol–water partition coefficient (Wildman–Crippen LogP) is 5.27. The fraction of sp³-hybridized carbons (Fsp3) is 0.217. The van der Waals surface area contributed by atoms with E-state index in [1.54, 1.807) is 6.92 Å². The number of aryl methyl sites for hydroxylation is 1. The number of benzene rings is 2. The maximum absolute atomic E-state index is 5.99. The zero-order chi connectivity index (χ0) is 21.5. The number of ether oxygens (including phenoxy) is 2. The van der Waals surface area contributed by atoms with Gasteiger partial charge in [-0.05, 0) is 54.3 Å². The Labute approximate surface area is 193 Å². The number of hydrogen-bond acceptors (Lipinski definition) is 6. The summed E-state index contributed by atoms with van der Waals surface area (Å²) in [6.45, 7) is 6.56. The number of anilines is 2. The first-order valence-electron chi connectivity index (χ1n) is 9.63. The SMILES string of the molecule is C=CCc1cc(-c2ccc(Cl)cc2)ccc1OCCCOc1c(C)nc(N)nc1N.Cl. The summed E-state index contributed by atoms with van der Waals surface area (Å²) < 4.78 is 11.7. The van der Waals surface area contributed by atoms with Gasteiger partial charge in [0.25, 0.3) is 0 Å². The molecule has 0 amide bonds. The van der Waals surface area contributed by atoms with Crippen molar-refractivity contribution in [3.8, 4) is 22.6 Å². The van der Waals surface area contributed by atoms with Crippen molar-refractivity contribution in [2.45, 2.75) is 19.8 Å². The molecule has 0 unspecified atom stereocenters. The average molecular weight is 461 g/mol. The van der Waals surface area contributed by atoms with Gasteiger partial charge in [-0.15, -0.1) is 19.0 Å². The van der Waals surface area contributed by atoms with E-state index in [0.29, 0.717) is 37.5 Å². The van der Waals surface area contributed by atoms with Crippen LogP contribution >= 0.6 is 24.0 Å². The van der Waals surface area contributed by atoms with Gasteiger partial charge < -0.3 is 20.9 Å². The fourth-order valence-electron chi connectivity index (χ4n) is 3.06. The van der Waals surface area contributed by atoms with Gasteiger partial charge in [0.1, 0.15) is 5.75 Å². The van der Waals surface area contributed by atoms with Crippen LogP contribution in [0.2, 0.25) is 5.02 Å². The third kappa shape index (κ3) is 6.51. The first-order valence-corrected chi connectivity index (χ1v) is 10.0. The molecule has 0 aliphatic heterocycles. The van der Waals surface area contributed by atoms with E-state index in [4.69, 9.17) is 32.5 Å². The van der Waals surface area contributed by atoms with Gasteiger partial charge in [0.15, 0.2) is 11.6 Å². The molecule has 0 atom stereocenters. The number of nitrogens with two attached hydrogens (primary N) is 2. The predicted molar refractivity (Wildman–Crippen MR) is 129 cm³/mol. The van der Waals surface area contributed by atoms with Crippen molar-refractivity contribution in [1.29, 1.82) is 0 Å². The molecular weight excluding hydrogens is 435 g/mol. The van der Waals surface area contributed by atoms with Crippen LogP contribution < -0.4 is 20.9 Å². The highest BCUT2D eigenvalue weighted by Gasteiger charge is 2.10. The maximum Gasteiger partial charge on any atom is 0.222 e. The summed E-state index contributed by atoms with van der Waals surface area (Å²) >= 11 is 5.99. The third-order valence-electron chi connectivity index (χ3n) is 4.47. The van der Waals surface area contributed by atoms with Gasteiger partial charge in [-0.25, -0.2) is 4.98 Å². The molecule has 1 aromatic heterocycles. The van der Waals surface area contributed by atoms with Gasteiger partial charge in [0.05, 0.1) is 18.9 Å². The average Bonchev–Trinajstić information content (AvgIpc) is 2.71. The summed E-state index contributed by atoms with van der Waals surface area (Å²) in [7, 11) is 0. The van der Waals surface area contributed by atoms with Crippen molar-refractivity contribution < 1.29 is 9.47 Å². The van der Waals surface area contributed by atoms with Crippen LogP contribution in [0.5, 0.6) is 11.5 Å². The number of rotatable bonds is 9. The van der Waals surface area contributed by atoms with Gasteiger partial charge in [0, 0.05) is 11.4 Å². The zero-order valence-electron chi connectivity index (χ0n) is 17.3. The molecule has 0 saturated heterocycles. The van der Waals surface area contributed by atoms with E-state index in [0.717, 1.165) is 27.5 Å². The molecule has 0 fully saturated rings. The van der Waals surface area contributed by atoms with Gasteiger partial charge in [-0.1, -0.05) is 35.9 Å². The third-order valence-corrected chi connectivity index (χ3v) is 4.73. The molecule has 4 N–H and O–H groups in total. The van der Waals surface area contributed by atoms with Crippen LogP contribution in [-0.2, 0) is 6.42 Å². The molecular formula is C23H26Cl2N4O2. The standard InChI is InChI=1S/C23H25ClN4O2.ClH/c1-3-5-18-14-17(16-6-9-19(24)10-7-16)8-11-20(18)29-12-4-13-30-21-15(2)27-23(26)28-22(21)25;/h3,6-11,14H,1,4-5,12-13H2,2H3,(H4,25,26,27,28);1H. The quantitative estimate of drug-likeness (QED) is 0.333. The van der Waals surface area contributed by atoms with Gasteiger partial charge in [-0.3, -0.25) is 0 Å². The van der Waals surface area contributed by atoms with Crippen molar-refractivity contribution >= 4 is 35.8 Å². The molecule has 1 heterocycles. The Hall–Kier alpha value is -2.96. The molecule has 2 aromatic carbocycles. The van der Waals surface area contributed by atoms with Crippen LogP contribution in [0.4, 0.5) is 11.8 Å². The first-order chi connectivity index (χ1) is 14.5. The van der Waals surface area contributed by atoms with Crippen molar-refractivity contribution in [2.24, 2.45) is 0 Å². The molecule has 3 aromatic rings. The lowest BCUT2D eigenvalue weighted by Gasteiger charge is -2.14. The van der Waals surface area contributed by atoms with Crippen LogP contribution in [0.1, 0.15) is 17.7 Å². The van der Waals surface area contributed by atoms with Crippen LogP contribution in [0.3, 0.4) is 0 Å². The molecule has 3 rings (SSSR count). The van der Waals surface area contributed by atoms with Crippen LogP contribution in [0, 0.1) is 6.92 Å². The smallest absolute Gasteiger partial charge is 0.222 e. The highest BCUT2D eigenvalue weighted by molar-refractivity contribution is 6.30. The second kappa shape index (κ2) is 11.4. The van der Waals surface area contributed by atoms with Gasteiger partial charge in [0.2, 0.25) is 5.95 Å². The molecule has 164 valence electrons. The molecule has 0 radical (unpaired) electrons. The Morgan fingerprint density at radius 1 is 1.00 bits per heavy atom. The number of aromatic nitrogens is 2. The summed E-state index contributed by atoms with van der Waals surface area (Å²) in [6.07, 6.45) is 3.26. The molecule has 0 aliphatic rings. The van der Waals surface area contributed by atoms with E-state index in [-0.39, 0.29) is 24.2 Å². The van der Waals surface area contributed by atoms with E-state index >= 15 is 0 Å². The van der Waals surface area contributed by atoms with E-state index in [9.17, 15) is 0 Å². The van der Waals surface area contributed by atoms with Crippen LogP contribution in [-0.4, -0.2) is 23.2 Å². The van der Waals surface area contributed by atoms with Crippen LogP contribution in [0.15, 0.2) is 55.1 Å². The topological polar surface area (TPSA) is 96.3 Å². The maximum atomic E-state index is 5.99. The molecule has 0 aliphatic carbocycles. The van der Waals surface area contributed by atoms with E-state index in [1.165, 1.54) is 0 Å². The second-order valence-corrected chi connectivity index (χ2v) is 7.19. The fourth-order valence-corrected chi connectivity index (χ4v) is 3.18. The largest absolute Gasteiger partial charge is 0.493 e. The Bertz CT molecular complexity index is 1000. The molecule has 31 heavy (non-hydrogen) atoms. The number of allylic oxidation sites excluding steroid dienone is 1.